The lowest BCUT2D eigenvalue weighted by atomic mass is 10.2. The maximum Gasteiger partial charge on any atom is 0.307 e. The zero-order valence-corrected chi connectivity index (χ0v) is 16.5. The quantitative estimate of drug-likeness (QED) is 0.404. The third-order valence-electron chi connectivity index (χ3n) is 4.03. The first-order chi connectivity index (χ1) is 14.3. The molecule has 0 saturated carbocycles. The fourth-order valence-corrected chi connectivity index (χ4v) is 3.52. The number of hydrogen-bond acceptors (Lipinski definition) is 8. The molecule has 0 aliphatic rings. The number of nitrogens with zero attached hydrogens (tertiary/aromatic N) is 5. The van der Waals surface area contributed by atoms with Crippen LogP contribution in [0.1, 0.15) is 19.4 Å². The highest BCUT2D eigenvalue weighted by molar-refractivity contribution is 7.92. The van der Waals surface area contributed by atoms with E-state index < -0.39 is 26.9 Å². The molecule has 13 heteroatoms. The van der Waals surface area contributed by atoms with Crippen molar-refractivity contribution in [2.24, 2.45) is 0 Å². The average molecular weight is 431 g/mol. The first kappa shape index (κ1) is 20.9. The van der Waals surface area contributed by atoms with Crippen molar-refractivity contribution in [2.45, 2.75) is 24.3 Å². The van der Waals surface area contributed by atoms with Crippen LogP contribution in [-0.2, 0) is 14.8 Å². The van der Waals surface area contributed by atoms with E-state index in [1.165, 1.54) is 47.5 Å². The number of amides is 1. The lowest BCUT2D eigenvalue weighted by Crippen LogP contribution is -2.26. The zero-order chi connectivity index (χ0) is 21.7. The Bertz CT molecular complexity index is 1150. The van der Waals surface area contributed by atoms with Crippen molar-refractivity contribution in [1.29, 1.82) is 0 Å². The van der Waals surface area contributed by atoms with Crippen molar-refractivity contribution in [2.75, 3.05) is 10.0 Å². The van der Waals surface area contributed by atoms with E-state index in [1.54, 1.807) is 13.0 Å². The lowest BCUT2D eigenvalue weighted by molar-refractivity contribution is -0.385. The van der Waals surface area contributed by atoms with Gasteiger partial charge in [-0.1, -0.05) is 6.92 Å². The molecule has 2 aromatic heterocycles. The highest BCUT2D eigenvalue weighted by atomic mass is 32.2. The Labute approximate surface area is 171 Å². The van der Waals surface area contributed by atoms with Crippen molar-refractivity contribution in [3.63, 3.8) is 0 Å². The summed E-state index contributed by atoms with van der Waals surface area (Å²) < 4.78 is 28.2. The van der Waals surface area contributed by atoms with Gasteiger partial charge in [-0.2, -0.15) is 5.10 Å². The predicted molar refractivity (Wildman–Crippen MR) is 106 cm³/mol. The second-order valence-corrected chi connectivity index (χ2v) is 7.73. The molecule has 2 heterocycles. The monoisotopic (exact) mass is 431 g/mol. The second-order valence-electron chi connectivity index (χ2n) is 6.05. The van der Waals surface area contributed by atoms with E-state index in [-0.39, 0.29) is 16.5 Å². The SMILES string of the molecule is CCC(C(=O)Nc1ccc(S(=O)(=O)Nc2ncccn2)cc1)n1cc([N+](=O)[O-])cn1. The first-order valence-corrected chi connectivity index (χ1v) is 10.2. The normalized spacial score (nSPS) is 12.2. The smallest absolute Gasteiger partial charge is 0.307 e. The van der Waals surface area contributed by atoms with Crippen molar-refractivity contribution < 1.29 is 18.1 Å². The Morgan fingerprint density at radius 2 is 1.90 bits per heavy atom. The van der Waals surface area contributed by atoms with Gasteiger partial charge in [0.15, 0.2) is 0 Å². The lowest BCUT2D eigenvalue weighted by Gasteiger charge is -2.15. The van der Waals surface area contributed by atoms with Crippen molar-refractivity contribution in [3.8, 4) is 0 Å². The van der Waals surface area contributed by atoms with Crippen molar-refractivity contribution >= 4 is 33.3 Å². The molecule has 0 saturated heterocycles. The molecular formula is C17H17N7O5S. The van der Waals surface area contributed by atoms with Gasteiger partial charge in [0.25, 0.3) is 10.0 Å². The van der Waals surface area contributed by atoms with Gasteiger partial charge in [-0.25, -0.2) is 23.1 Å². The van der Waals surface area contributed by atoms with Crippen LogP contribution >= 0.6 is 0 Å². The number of benzene rings is 1. The molecule has 3 rings (SSSR count). The van der Waals surface area contributed by atoms with Crippen molar-refractivity contribution in [3.05, 3.63) is 65.2 Å². The molecule has 12 nitrogen and oxygen atoms in total. The average Bonchev–Trinajstić information content (AvgIpc) is 3.19. The highest BCUT2D eigenvalue weighted by Crippen LogP contribution is 2.20. The Morgan fingerprint density at radius 1 is 1.23 bits per heavy atom. The number of sulfonamides is 1. The minimum absolute atomic E-state index is 0.0392. The molecule has 0 aliphatic heterocycles. The molecule has 0 spiro atoms. The van der Waals surface area contributed by atoms with Crippen LogP contribution in [0.5, 0.6) is 0 Å². The van der Waals surface area contributed by atoms with E-state index in [9.17, 15) is 23.3 Å². The largest absolute Gasteiger partial charge is 0.324 e. The molecule has 0 bridgehead atoms. The van der Waals surface area contributed by atoms with Gasteiger partial charge in [0.1, 0.15) is 18.4 Å². The summed E-state index contributed by atoms with van der Waals surface area (Å²) in [6, 6.07) is 6.29. The number of carbonyl (C=O) groups excluding carboxylic acids is 1. The van der Waals surface area contributed by atoms with Gasteiger partial charge in [0.05, 0.1) is 9.82 Å². The van der Waals surface area contributed by atoms with Gasteiger partial charge in [-0.15, -0.1) is 0 Å². The summed E-state index contributed by atoms with van der Waals surface area (Å²) >= 11 is 0. The van der Waals surface area contributed by atoms with Crippen LogP contribution in [0.15, 0.2) is 60.0 Å². The van der Waals surface area contributed by atoms with Crippen LogP contribution in [0.4, 0.5) is 17.3 Å². The van der Waals surface area contributed by atoms with E-state index in [0.717, 1.165) is 6.20 Å². The van der Waals surface area contributed by atoms with Gasteiger partial charge in [-0.3, -0.25) is 19.6 Å². The Morgan fingerprint density at radius 3 is 2.47 bits per heavy atom. The molecule has 3 aromatic rings. The molecule has 1 aromatic carbocycles. The molecule has 0 radical (unpaired) electrons. The van der Waals surface area contributed by atoms with Crippen LogP contribution < -0.4 is 10.0 Å². The number of carbonyl (C=O) groups is 1. The summed E-state index contributed by atoms with van der Waals surface area (Å²) in [6.07, 6.45) is 5.40. The minimum Gasteiger partial charge on any atom is -0.324 e. The Balaban J connectivity index is 1.71. The topological polar surface area (TPSA) is 162 Å². The fourth-order valence-electron chi connectivity index (χ4n) is 2.56. The van der Waals surface area contributed by atoms with E-state index in [0.29, 0.717) is 12.1 Å². The van der Waals surface area contributed by atoms with Gasteiger partial charge in [0.2, 0.25) is 11.9 Å². The molecule has 0 aliphatic carbocycles. The summed E-state index contributed by atoms with van der Waals surface area (Å²) in [5.41, 5.74) is 0.140. The molecule has 30 heavy (non-hydrogen) atoms. The van der Waals surface area contributed by atoms with Gasteiger partial charge < -0.3 is 5.32 Å². The summed E-state index contributed by atoms with van der Waals surface area (Å²) in [4.78, 5) is 30.3. The molecule has 1 atom stereocenters. The van der Waals surface area contributed by atoms with E-state index in [4.69, 9.17) is 0 Å². The van der Waals surface area contributed by atoms with E-state index >= 15 is 0 Å². The maximum atomic E-state index is 12.6. The standard InChI is InChI=1S/C17H17N7O5S/c1-2-15(23-11-13(10-20-23)24(26)27)16(25)21-12-4-6-14(7-5-12)30(28,29)22-17-18-8-3-9-19-17/h3-11,15H,2H2,1H3,(H,21,25)(H,18,19,22). The fraction of sp³-hybridized carbons (Fsp3) is 0.176. The summed E-state index contributed by atoms with van der Waals surface area (Å²) in [5, 5.41) is 17.3. The molecule has 1 amide bonds. The summed E-state index contributed by atoms with van der Waals surface area (Å²) in [5.74, 6) is -0.504. The third-order valence-corrected chi connectivity index (χ3v) is 5.38. The number of nitrogens with one attached hydrogen (secondary N) is 2. The molecule has 0 fully saturated rings. The Kier molecular flexibility index (Phi) is 6.01. The van der Waals surface area contributed by atoms with E-state index in [2.05, 4.69) is 25.1 Å². The first-order valence-electron chi connectivity index (χ1n) is 8.69. The molecule has 2 N–H and O–H groups in total. The number of aromatic nitrogens is 4. The van der Waals surface area contributed by atoms with Crippen LogP contribution in [0.2, 0.25) is 0 Å². The van der Waals surface area contributed by atoms with E-state index in [1.807, 2.05) is 0 Å². The van der Waals surface area contributed by atoms with Gasteiger partial charge >= 0.3 is 5.69 Å². The van der Waals surface area contributed by atoms with Crippen LogP contribution in [0.3, 0.4) is 0 Å². The number of hydrogen-bond donors (Lipinski definition) is 2. The number of rotatable bonds is 8. The van der Waals surface area contributed by atoms with Gasteiger partial charge in [0, 0.05) is 18.1 Å². The zero-order valence-electron chi connectivity index (χ0n) is 15.7. The number of nitro groups is 1. The highest BCUT2D eigenvalue weighted by Gasteiger charge is 2.22. The van der Waals surface area contributed by atoms with Crippen LogP contribution in [-0.4, -0.2) is 39.0 Å². The molecule has 156 valence electrons. The Hall–Kier alpha value is -3.87. The van der Waals surface area contributed by atoms with Crippen LogP contribution in [0.25, 0.3) is 0 Å². The maximum absolute atomic E-state index is 12.6. The van der Waals surface area contributed by atoms with Crippen molar-refractivity contribution in [1.82, 2.24) is 19.7 Å². The molecular weight excluding hydrogens is 414 g/mol. The van der Waals surface area contributed by atoms with Crippen LogP contribution in [0, 0.1) is 10.1 Å². The number of anilines is 2. The summed E-state index contributed by atoms with van der Waals surface area (Å²) in [6.45, 7) is 1.74. The minimum atomic E-state index is -3.89. The third kappa shape index (κ3) is 4.75. The predicted octanol–water partition coefficient (Wildman–Crippen LogP) is 1.97. The summed E-state index contributed by atoms with van der Waals surface area (Å²) in [7, 11) is -3.89. The molecule has 1 unspecified atom stereocenters. The second kappa shape index (κ2) is 8.65. The van der Waals surface area contributed by atoms with Gasteiger partial charge in [-0.05, 0) is 36.8 Å².